The number of aromatic nitrogens is 1. The van der Waals surface area contributed by atoms with Gasteiger partial charge in [0.1, 0.15) is 12.1 Å². The normalized spacial score (nSPS) is 16.9. The van der Waals surface area contributed by atoms with Crippen molar-refractivity contribution in [2.45, 2.75) is 104 Å². The Morgan fingerprint density at radius 3 is 2.00 bits per heavy atom. The van der Waals surface area contributed by atoms with Gasteiger partial charge in [0.25, 0.3) is 0 Å². The Kier molecular flexibility index (Phi) is 15.2. The van der Waals surface area contributed by atoms with Gasteiger partial charge in [0, 0.05) is 24.8 Å². The van der Waals surface area contributed by atoms with Crippen molar-refractivity contribution in [3.05, 3.63) is 101 Å². The maximum Gasteiger partial charge on any atom is 0.405 e. The van der Waals surface area contributed by atoms with Crippen LogP contribution in [0.2, 0.25) is 0 Å². The fourth-order valence-corrected chi connectivity index (χ4v) is 6.91. The molecule has 0 radical (unpaired) electrons. The number of carboxylic acid groups (broad SMARTS) is 1. The summed E-state index contributed by atoms with van der Waals surface area (Å²) in [5.74, 6) is -1.27. The van der Waals surface area contributed by atoms with Crippen LogP contribution >= 0.6 is 0 Å². The van der Waals surface area contributed by atoms with Crippen LogP contribution in [-0.4, -0.2) is 92.3 Å². The molecule has 4 rings (SSSR count). The average Bonchev–Trinajstić information content (AvgIpc) is 3.48. The van der Waals surface area contributed by atoms with E-state index in [1.165, 1.54) is 0 Å². The van der Waals surface area contributed by atoms with E-state index < -0.39 is 42.3 Å². The van der Waals surface area contributed by atoms with Gasteiger partial charge in [-0.2, -0.15) is 0 Å². The van der Waals surface area contributed by atoms with Crippen molar-refractivity contribution in [1.82, 2.24) is 30.7 Å². The molecule has 5 N–H and O–H groups in total. The van der Waals surface area contributed by atoms with Crippen LogP contribution in [0.25, 0.3) is 0 Å². The maximum absolute atomic E-state index is 14.4. The SMILES string of the molecule is CCC(C)C(NC(=O)O)C(=O)NC(Cc1ccccc1)C(O)CC(Cc1ccccc1)NC(=O)C(C(C)CC)N1CCN(Cc2cccc(C)n2)C1=O. The molecule has 12 nitrogen and oxygen atoms in total. The van der Waals surface area contributed by atoms with Crippen molar-refractivity contribution >= 4 is 23.9 Å². The molecule has 1 aliphatic heterocycles. The Morgan fingerprint density at radius 2 is 1.42 bits per heavy atom. The van der Waals surface area contributed by atoms with Crippen molar-refractivity contribution in [2.75, 3.05) is 13.1 Å². The van der Waals surface area contributed by atoms with E-state index in [0.29, 0.717) is 38.9 Å². The lowest BCUT2D eigenvalue weighted by atomic mass is 9.91. The Balaban J connectivity index is 1.58. The topological polar surface area (TPSA) is 164 Å². The molecule has 12 heteroatoms. The Hall–Kier alpha value is -4.97. The average molecular weight is 729 g/mol. The van der Waals surface area contributed by atoms with Gasteiger partial charge >= 0.3 is 12.1 Å². The monoisotopic (exact) mass is 728 g/mol. The molecule has 0 saturated carbocycles. The minimum Gasteiger partial charge on any atom is -0.465 e. The molecule has 0 bridgehead atoms. The highest BCUT2D eigenvalue weighted by molar-refractivity contribution is 5.88. The molecule has 5 amide bonds. The lowest BCUT2D eigenvalue weighted by Gasteiger charge is -2.34. The molecule has 1 fully saturated rings. The molecular formula is C41H56N6O6. The number of pyridine rings is 1. The third-order valence-corrected chi connectivity index (χ3v) is 10.3. The van der Waals surface area contributed by atoms with Crippen LogP contribution in [-0.2, 0) is 29.0 Å². The highest BCUT2D eigenvalue weighted by atomic mass is 16.4. The first kappa shape index (κ1) is 40.8. The molecule has 0 aliphatic carbocycles. The summed E-state index contributed by atoms with van der Waals surface area (Å²) in [7, 11) is 0. The summed E-state index contributed by atoms with van der Waals surface area (Å²) in [4.78, 5) is 61.3. The van der Waals surface area contributed by atoms with Crippen molar-refractivity contribution in [1.29, 1.82) is 0 Å². The smallest absolute Gasteiger partial charge is 0.405 e. The van der Waals surface area contributed by atoms with Crippen molar-refractivity contribution < 1.29 is 29.4 Å². The third-order valence-electron chi connectivity index (χ3n) is 10.3. The van der Waals surface area contributed by atoms with Gasteiger partial charge in [0.05, 0.1) is 24.4 Å². The number of hydrogen-bond donors (Lipinski definition) is 5. The zero-order valence-electron chi connectivity index (χ0n) is 31.6. The van der Waals surface area contributed by atoms with Gasteiger partial charge in [-0.3, -0.25) is 14.6 Å². The molecule has 286 valence electrons. The summed E-state index contributed by atoms with van der Waals surface area (Å²) in [6, 6.07) is 21.5. The minimum atomic E-state index is -1.31. The van der Waals surface area contributed by atoms with E-state index in [1.54, 1.807) is 16.7 Å². The van der Waals surface area contributed by atoms with Gasteiger partial charge in [-0.15, -0.1) is 0 Å². The summed E-state index contributed by atoms with van der Waals surface area (Å²) in [5.41, 5.74) is 3.48. The number of hydrogen-bond acceptors (Lipinski definition) is 6. The number of urea groups is 1. The fourth-order valence-electron chi connectivity index (χ4n) is 6.91. The van der Waals surface area contributed by atoms with Crippen LogP contribution in [0, 0.1) is 18.8 Å². The minimum absolute atomic E-state index is 0.0884. The van der Waals surface area contributed by atoms with Gasteiger partial charge in [-0.1, -0.05) is 107 Å². The summed E-state index contributed by atoms with van der Waals surface area (Å²) in [6.45, 7) is 10.8. The molecule has 2 aromatic carbocycles. The van der Waals surface area contributed by atoms with Gasteiger partial charge in [-0.25, -0.2) is 9.59 Å². The molecule has 3 aromatic rings. The predicted octanol–water partition coefficient (Wildman–Crippen LogP) is 4.93. The Morgan fingerprint density at radius 1 is 0.792 bits per heavy atom. The van der Waals surface area contributed by atoms with Gasteiger partial charge in [0.2, 0.25) is 11.8 Å². The lowest BCUT2D eigenvalue weighted by molar-refractivity contribution is -0.128. The number of nitrogens with one attached hydrogen (secondary N) is 3. The zero-order valence-corrected chi connectivity index (χ0v) is 31.6. The molecule has 1 aromatic heterocycles. The number of aliphatic hydroxyl groups excluding tert-OH is 1. The van der Waals surface area contributed by atoms with Crippen LogP contribution in [0.1, 0.15) is 69.5 Å². The number of benzene rings is 2. The molecule has 1 saturated heterocycles. The lowest BCUT2D eigenvalue weighted by Crippen LogP contribution is -2.57. The number of amides is 5. The molecule has 1 aliphatic rings. The van der Waals surface area contributed by atoms with E-state index in [0.717, 1.165) is 22.5 Å². The number of rotatable bonds is 19. The second-order valence-electron chi connectivity index (χ2n) is 14.3. The largest absolute Gasteiger partial charge is 0.465 e. The maximum atomic E-state index is 14.4. The van der Waals surface area contributed by atoms with Gasteiger partial charge in [-0.05, 0) is 61.3 Å². The summed E-state index contributed by atoms with van der Waals surface area (Å²) in [5, 5.41) is 29.9. The number of carbonyl (C=O) groups is 4. The quantitative estimate of drug-likeness (QED) is 0.117. The van der Waals surface area contributed by atoms with E-state index >= 15 is 0 Å². The summed E-state index contributed by atoms with van der Waals surface area (Å²) >= 11 is 0. The number of nitrogens with zero attached hydrogens (tertiary/aromatic N) is 3. The van der Waals surface area contributed by atoms with Crippen LogP contribution < -0.4 is 16.0 Å². The second-order valence-corrected chi connectivity index (χ2v) is 14.3. The standard InChI is InChI=1S/C41H56N6O6/c1-6-27(3)36(45-40(51)52)38(49)44-34(24-31-18-12-9-13-19-31)35(48)25-33(23-30-16-10-8-11-17-30)43-39(50)37(28(4)7-2)47-22-21-46(41(47)53)26-32-20-14-15-29(5)42-32/h8-20,27-28,33-37,45,48H,6-7,21-26H2,1-5H3,(H,43,50)(H,44,49)(H,51,52). The van der Waals surface area contributed by atoms with Crippen molar-refractivity contribution in [2.24, 2.45) is 11.8 Å². The van der Waals surface area contributed by atoms with Crippen molar-refractivity contribution in [3.8, 4) is 0 Å². The molecule has 7 unspecified atom stereocenters. The molecule has 7 atom stereocenters. The predicted molar refractivity (Wildman–Crippen MR) is 204 cm³/mol. The second kappa shape index (κ2) is 19.8. The molecule has 0 spiro atoms. The third kappa shape index (κ3) is 11.8. The van der Waals surface area contributed by atoms with Crippen molar-refractivity contribution in [3.63, 3.8) is 0 Å². The number of aliphatic hydroxyl groups is 1. The van der Waals surface area contributed by atoms with Crippen LogP contribution in [0.3, 0.4) is 0 Å². The first-order valence-electron chi connectivity index (χ1n) is 18.7. The van der Waals surface area contributed by atoms with E-state index in [1.807, 2.05) is 107 Å². The molecule has 2 heterocycles. The molecule has 53 heavy (non-hydrogen) atoms. The highest BCUT2D eigenvalue weighted by Gasteiger charge is 2.41. The van der Waals surface area contributed by atoms with E-state index in [9.17, 15) is 29.4 Å². The Bertz CT molecular complexity index is 1640. The van der Waals surface area contributed by atoms with Crippen LogP contribution in [0.5, 0.6) is 0 Å². The van der Waals surface area contributed by atoms with E-state index in [4.69, 9.17) is 0 Å². The summed E-state index contributed by atoms with van der Waals surface area (Å²) < 4.78 is 0. The Labute approximate surface area is 313 Å². The molecular weight excluding hydrogens is 672 g/mol. The first-order valence-corrected chi connectivity index (χ1v) is 18.7. The van der Waals surface area contributed by atoms with Crippen LogP contribution in [0.4, 0.5) is 9.59 Å². The number of carbonyl (C=O) groups excluding carboxylic acids is 3. The fraction of sp³-hybridized carbons (Fsp3) is 0.488. The van der Waals surface area contributed by atoms with Gasteiger partial charge < -0.3 is 36.0 Å². The number of aryl methyl sites for hydroxylation is 1. The summed E-state index contributed by atoms with van der Waals surface area (Å²) in [6.07, 6.45) is -0.429. The first-order chi connectivity index (χ1) is 25.4. The van der Waals surface area contributed by atoms with Crippen LogP contribution in [0.15, 0.2) is 78.9 Å². The van der Waals surface area contributed by atoms with Gasteiger partial charge in [0.15, 0.2) is 0 Å². The van der Waals surface area contributed by atoms with E-state index in [2.05, 4.69) is 20.9 Å². The highest BCUT2D eigenvalue weighted by Crippen LogP contribution is 2.23. The zero-order chi connectivity index (χ0) is 38.5. The van der Waals surface area contributed by atoms with E-state index in [-0.39, 0.29) is 36.6 Å².